The molecule has 0 spiro atoms. The van der Waals surface area contributed by atoms with Crippen molar-refractivity contribution in [2.75, 3.05) is 53.4 Å². The zero-order chi connectivity index (χ0) is 17.5. The van der Waals surface area contributed by atoms with Crippen LogP contribution in [0.1, 0.15) is 12.0 Å². The Labute approximate surface area is 150 Å². The topological polar surface area (TPSA) is 56.4 Å². The van der Waals surface area contributed by atoms with E-state index in [4.69, 9.17) is 4.74 Å². The van der Waals surface area contributed by atoms with E-state index in [1.54, 1.807) is 7.11 Å². The van der Waals surface area contributed by atoms with Crippen molar-refractivity contribution in [2.45, 2.75) is 13.0 Å². The number of benzene rings is 1. The number of H-pyrrole nitrogens is 1. The second-order valence-corrected chi connectivity index (χ2v) is 6.67. The molecule has 0 amide bonds. The average molecular weight is 343 g/mol. The van der Waals surface area contributed by atoms with Crippen LogP contribution in [0.4, 0.5) is 0 Å². The van der Waals surface area contributed by atoms with Gasteiger partial charge in [0.1, 0.15) is 5.75 Å². The number of aromatic nitrogens is 2. The van der Waals surface area contributed by atoms with E-state index in [0.29, 0.717) is 0 Å². The molecule has 2 heterocycles. The van der Waals surface area contributed by atoms with Crippen LogP contribution in [0.15, 0.2) is 30.5 Å². The predicted molar refractivity (Wildman–Crippen MR) is 101 cm³/mol. The third-order valence-corrected chi connectivity index (χ3v) is 4.84. The fourth-order valence-corrected chi connectivity index (χ4v) is 3.17. The van der Waals surface area contributed by atoms with E-state index in [1.807, 2.05) is 18.3 Å². The molecule has 6 nitrogen and oxygen atoms in total. The quantitative estimate of drug-likeness (QED) is 0.716. The SMILES string of the molecule is COc1ccc(-c2[nH]ncc2CNCCCN2CCN(C)CC2)cc1. The van der Waals surface area contributed by atoms with E-state index in [1.165, 1.54) is 44.7 Å². The highest BCUT2D eigenvalue weighted by atomic mass is 16.5. The fourth-order valence-electron chi connectivity index (χ4n) is 3.17. The van der Waals surface area contributed by atoms with Crippen LogP contribution in [0.25, 0.3) is 11.3 Å². The lowest BCUT2D eigenvalue weighted by atomic mass is 10.1. The Balaban J connectivity index is 1.42. The standard InChI is InChI=1S/C19H29N5O/c1-23-10-12-24(13-11-23)9-3-8-20-14-17-15-21-22-19(17)16-4-6-18(25-2)7-5-16/h4-7,15,20H,3,8-14H2,1-2H3,(H,21,22). The molecule has 136 valence electrons. The van der Waals surface area contributed by atoms with Crippen LogP contribution in [0.3, 0.4) is 0 Å². The average Bonchev–Trinajstić information content (AvgIpc) is 3.11. The van der Waals surface area contributed by atoms with Gasteiger partial charge in [-0.3, -0.25) is 5.10 Å². The third kappa shape index (κ3) is 5.04. The smallest absolute Gasteiger partial charge is 0.118 e. The summed E-state index contributed by atoms with van der Waals surface area (Å²) in [6, 6.07) is 8.07. The lowest BCUT2D eigenvalue weighted by Gasteiger charge is -2.32. The number of methoxy groups -OCH3 is 1. The Hall–Kier alpha value is -1.89. The van der Waals surface area contributed by atoms with Crippen LogP contribution in [0, 0.1) is 0 Å². The summed E-state index contributed by atoms with van der Waals surface area (Å²) in [5, 5.41) is 10.9. The van der Waals surface area contributed by atoms with Crippen LogP contribution < -0.4 is 10.1 Å². The number of piperazine rings is 1. The van der Waals surface area contributed by atoms with Crippen molar-refractivity contribution in [2.24, 2.45) is 0 Å². The number of hydrogen-bond donors (Lipinski definition) is 2. The molecule has 1 fully saturated rings. The zero-order valence-electron chi connectivity index (χ0n) is 15.3. The van der Waals surface area contributed by atoms with Crippen LogP contribution in [-0.2, 0) is 6.54 Å². The molecule has 0 atom stereocenters. The maximum absolute atomic E-state index is 5.22. The lowest BCUT2D eigenvalue weighted by molar-refractivity contribution is 0.153. The van der Waals surface area contributed by atoms with Crippen LogP contribution in [0.2, 0.25) is 0 Å². The summed E-state index contributed by atoms with van der Waals surface area (Å²) in [7, 11) is 3.88. The molecule has 25 heavy (non-hydrogen) atoms. The minimum Gasteiger partial charge on any atom is -0.497 e. The van der Waals surface area contributed by atoms with E-state index in [2.05, 4.69) is 44.5 Å². The molecule has 0 radical (unpaired) electrons. The van der Waals surface area contributed by atoms with Gasteiger partial charge in [-0.25, -0.2) is 0 Å². The number of likely N-dealkylation sites (N-methyl/N-ethyl adjacent to an activating group) is 1. The van der Waals surface area contributed by atoms with Gasteiger partial charge in [0.2, 0.25) is 0 Å². The molecule has 3 rings (SSSR count). The van der Waals surface area contributed by atoms with Crippen molar-refractivity contribution < 1.29 is 4.74 Å². The first-order chi connectivity index (χ1) is 12.3. The molecule has 0 aliphatic carbocycles. The molecule has 0 bridgehead atoms. The van der Waals surface area contributed by atoms with E-state index in [9.17, 15) is 0 Å². The van der Waals surface area contributed by atoms with Crippen LogP contribution >= 0.6 is 0 Å². The van der Waals surface area contributed by atoms with Gasteiger partial charge < -0.3 is 19.9 Å². The van der Waals surface area contributed by atoms with Gasteiger partial charge in [0, 0.05) is 43.9 Å². The minimum absolute atomic E-state index is 0.834. The van der Waals surface area contributed by atoms with Gasteiger partial charge in [-0.1, -0.05) is 0 Å². The zero-order valence-corrected chi connectivity index (χ0v) is 15.3. The first kappa shape index (κ1) is 17.9. The van der Waals surface area contributed by atoms with Gasteiger partial charge in [0.05, 0.1) is 19.0 Å². The van der Waals surface area contributed by atoms with Crippen molar-refractivity contribution in [3.63, 3.8) is 0 Å². The molecule has 2 aromatic rings. The first-order valence-corrected chi connectivity index (χ1v) is 9.04. The summed E-state index contributed by atoms with van der Waals surface area (Å²) in [5.41, 5.74) is 3.41. The maximum atomic E-state index is 5.22. The second kappa shape index (κ2) is 8.99. The van der Waals surface area contributed by atoms with E-state index < -0.39 is 0 Å². The summed E-state index contributed by atoms with van der Waals surface area (Å²) >= 11 is 0. The van der Waals surface area contributed by atoms with Crippen molar-refractivity contribution >= 4 is 0 Å². The largest absolute Gasteiger partial charge is 0.497 e. The molecule has 2 N–H and O–H groups in total. The molecule has 0 unspecified atom stereocenters. The molecule has 1 aliphatic rings. The molecule has 1 aromatic carbocycles. The maximum Gasteiger partial charge on any atom is 0.118 e. The lowest BCUT2D eigenvalue weighted by Crippen LogP contribution is -2.45. The van der Waals surface area contributed by atoms with Gasteiger partial charge in [-0.2, -0.15) is 5.10 Å². The summed E-state index contributed by atoms with van der Waals surface area (Å²) in [5.74, 6) is 0.867. The highest BCUT2D eigenvalue weighted by Crippen LogP contribution is 2.23. The Morgan fingerprint density at radius 1 is 1.16 bits per heavy atom. The van der Waals surface area contributed by atoms with Gasteiger partial charge in [0.15, 0.2) is 0 Å². The van der Waals surface area contributed by atoms with Gasteiger partial charge >= 0.3 is 0 Å². The van der Waals surface area contributed by atoms with E-state index >= 15 is 0 Å². The number of ether oxygens (including phenoxy) is 1. The normalized spacial score (nSPS) is 16.2. The summed E-state index contributed by atoms with van der Waals surface area (Å²) < 4.78 is 5.22. The Morgan fingerprint density at radius 3 is 2.64 bits per heavy atom. The molecule has 6 heteroatoms. The monoisotopic (exact) mass is 343 g/mol. The Kier molecular flexibility index (Phi) is 6.44. The van der Waals surface area contributed by atoms with E-state index in [-0.39, 0.29) is 0 Å². The van der Waals surface area contributed by atoms with Crippen molar-refractivity contribution in [3.8, 4) is 17.0 Å². The number of nitrogens with zero attached hydrogens (tertiary/aromatic N) is 3. The van der Waals surface area contributed by atoms with Crippen LogP contribution in [0.5, 0.6) is 5.75 Å². The predicted octanol–water partition coefficient (Wildman–Crippen LogP) is 1.81. The summed E-state index contributed by atoms with van der Waals surface area (Å²) in [6.07, 6.45) is 3.09. The van der Waals surface area contributed by atoms with E-state index in [0.717, 1.165) is 30.1 Å². The highest BCUT2D eigenvalue weighted by Gasteiger charge is 2.13. The third-order valence-electron chi connectivity index (χ3n) is 4.84. The highest BCUT2D eigenvalue weighted by molar-refractivity contribution is 5.63. The van der Waals surface area contributed by atoms with Crippen molar-refractivity contribution in [1.82, 2.24) is 25.3 Å². The first-order valence-electron chi connectivity index (χ1n) is 9.04. The number of nitrogens with one attached hydrogen (secondary N) is 2. The van der Waals surface area contributed by atoms with Gasteiger partial charge in [-0.15, -0.1) is 0 Å². The summed E-state index contributed by atoms with van der Waals surface area (Å²) in [4.78, 5) is 4.96. The molecule has 1 aromatic heterocycles. The molecular weight excluding hydrogens is 314 g/mol. The van der Waals surface area contributed by atoms with Crippen molar-refractivity contribution in [1.29, 1.82) is 0 Å². The Morgan fingerprint density at radius 2 is 1.92 bits per heavy atom. The van der Waals surface area contributed by atoms with Crippen LogP contribution in [-0.4, -0.2) is 73.4 Å². The minimum atomic E-state index is 0.834. The van der Waals surface area contributed by atoms with Gasteiger partial charge in [0.25, 0.3) is 0 Å². The number of rotatable bonds is 8. The fraction of sp³-hybridized carbons (Fsp3) is 0.526. The molecular formula is C19H29N5O. The number of aromatic amines is 1. The summed E-state index contributed by atoms with van der Waals surface area (Å²) in [6.45, 7) is 7.80. The number of hydrogen-bond acceptors (Lipinski definition) is 5. The van der Waals surface area contributed by atoms with Crippen molar-refractivity contribution in [3.05, 3.63) is 36.0 Å². The second-order valence-electron chi connectivity index (χ2n) is 6.67. The molecule has 1 aliphatic heterocycles. The molecule has 1 saturated heterocycles. The molecule has 0 saturated carbocycles. The van der Waals surface area contributed by atoms with Gasteiger partial charge in [-0.05, 0) is 50.8 Å². The Bertz CT molecular complexity index is 632.